The Balaban J connectivity index is 3.18. The van der Waals surface area contributed by atoms with E-state index in [1.807, 2.05) is 11.8 Å². The number of carbonyl (C=O) groups is 2. The molecule has 0 atom stereocenters. The minimum absolute atomic E-state index is 0.0462. The molecule has 0 saturated carbocycles. The van der Waals surface area contributed by atoms with Crippen LogP contribution in [0.5, 0.6) is 0 Å². The summed E-state index contributed by atoms with van der Waals surface area (Å²) >= 11 is 12.8. The number of hydrogen-bond donors (Lipinski definition) is 2. The maximum absolute atomic E-state index is 11.8. The van der Waals surface area contributed by atoms with Crippen LogP contribution < -0.4 is 0 Å². The fraction of sp³-hybridized carbons (Fsp3) is 0.913. The van der Waals surface area contributed by atoms with E-state index >= 15 is 0 Å². The first-order valence-corrected chi connectivity index (χ1v) is 22.1. The molecule has 0 aliphatic carbocycles. The second kappa shape index (κ2) is 37.7. The van der Waals surface area contributed by atoms with Crippen LogP contribution in [0, 0.1) is 0 Å². The smallest absolute Gasteiger partial charge is 0.307 e. The summed E-state index contributed by atoms with van der Waals surface area (Å²) < 4.78 is 10.2. The molecular weight excluding hydrogens is 693 g/mol. The number of thioether (sulfide) groups is 8. The maximum atomic E-state index is 11.8. The molecule has 0 aromatic rings. The van der Waals surface area contributed by atoms with Gasteiger partial charge in [-0.05, 0) is 36.5 Å². The average Bonchev–Trinajstić information content (AvgIpc) is 2.97. The third-order valence-electron chi connectivity index (χ3n) is 4.04. The zero-order valence-electron chi connectivity index (χ0n) is 23.3. The predicted octanol–water partition coefficient (Wildman–Crippen LogP) is 5.43. The van der Waals surface area contributed by atoms with Crippen molar-refractivity contribution in [2.24, 2.45) is 0 Å². The highest BCUT2D eigenvalue weighted by atomic mass is 32.2. The zero-order chi connectivity index (χ0) is 29.9. The number of aliphatic hydroxyl groups is 2. The van der Waals surface area contributed by atoms with Crippen molar-refractivity contribution in [1.82, 2.24) is 0 Å². The normalized spacial score (nSPS) is 11.2. The van der Waals surface area contributed by atoms with Gasteiger partial charge in [0.25, 0.3) is 0 Å². The van der Waals surface area contributed by atoms with Crippen molar-refractivity contribution in [3.63, 3.8) is 0 Å². The van der Waals surface area contributed by atoms with Gasteiger partial charge in [0.05, 0.1) is 44.5 Å². The monoisotopic (exact) mass is 736 g/mol. The summed E-state index contributed by atoms with van der Waals surface area (Å²) in [6.07, 6.45) is 3.46. The molecular formula is C23H44O10S8. The van der Waals surface area contributed by atoms with E-state index in [1.165, 1.54) is 23.5 Å². The van der Waals surface area contributed by atoms with Gasteiger partial charge in [0.1, 0.15) is 17.8 Å². The molecule has 18 heteroatoms. The molecule has 0 bridgehead atoms. The lowest BCUT2D eigenvalue weighted by atomic mass is 10.5. The lowest BCUT2D eigenvalue weighted by molar-refractivity contribution is -0.293. The largest absolute Gasteiger partial charge is 0.455 e. The van der Waals surface area contributed by atoms with Crippen LogP contribution in [0.3, 0.4) is 0 Å². The van der Waals surface area contributed by atoms with Gasteiger partial charge < -0.3 is 19.7 Å². The fourth-order valence-electron chi connectivity index (χ4n) is 2.16. The van der Waals surface area contributed by atoms with Crippen LogP contribution >= 0.6 is 94.1 Å². The molecule has 41 heavy (non-hydrogen) atoms. The van der Waals surface area contributed by atoms with Crippen molar-refractivity contribution in [3.8, 4) is 0 Å². The molecule has 0 rings (SSSR count). The van der Waals surface area contributed by atoms with Gasteiger partial charge in [-0.2, -0.15) is 47.0 Å². The van der Waals surface area contributed by atoms with E-state index in [2.05, 4.69) is 0 Å². The molecule has 0 spiro atoms. The quantitative estimate of drug-likeness (QED) is 0.0286. The first kappa shape index (κ1) is 42.5. The summed E-state index contributed by atoms with van der Waals surface area (Å²) in [7, 11) is 0. The van der Waals surface area contributed by atoms with Crippen LogP contribution in [0.4, 0.5) is 0 Å². The van der Waals surface area contributed by atoms with E-state index in [0.29, 0.717) is 44.5 Å². The van der Waals surface area contributed by atoms with Crippen LogP contribution in [-0.4, -0.2) is 116 Å². The summed E-state index contributed by atoms with van der Waals surface area (Å²) in [4.78, 5) is 43.7. The van der Waals surface area contributed by atoms with Gasteiger partial charge in [-0.25, -0.2) is 19.6 Å². The van der Waals surface area contributed by atoms with E-state index in [1.54, 1.807) is 47.0 Å². The zero-order valence-corrected chi connectivity index (χ0v) is 29.8. The Labute approximate surface area is 278 Å². The Hall–Kier alpha value is 1.50. The minimum Gasteiger partial charge on any atom is -0.455 e. The number of aliphatic hydroxyl groups excluding tert-OH is 2. The number of ether oxygens (including phenoxy) is 2. The Morgan fingerprint density at radius 1 is 0.463 bits per heavy atom. The second-order valence-electron chi connectivity index (χ2n) is 7.30. The van der Waals surface area contributed by atoms with E-state index in [4.69, 9.17) is 39.2 Å². The highest BCUT2D eigenvalue weighted by molar-refractivity contribution is 8.16. The van der Waals surface area contributed by atoms with Crippen LogP contribution in [0.15, 0.2) is 0 Å². The third kappa shape index (κ3) is 37.6. The van der Waals surface area contributed by atoms with Gasteiger partial charge in [0.15, 0.2) is 0 Å². The highest BCUT2D eigenvalue weighted by Crippen LogP contribution is 2.17. The molecule has 10 nitrogen and oxygen atoms in total. The molecule has 2 N–H and O–H groups in total. The van der Waals surface area contributed by atoms with Crippen LogP contribution in [0.2, 0.25) is 0 Å². The number of rotatable bonds is 34. The summed E-state index contributed by atoms with van der Waals surface area (Å²) in [5, 5.41) is 19.9. The molecule has 0 amide bonds. The fourth-order valence-corrected chi connectivity index (χ4v) is 8.36. The first-order valence-electron chi connectivity index (χ1n) is 12.8. The standard InChI is InChI=1S/C23H44O10S8/c24-14-34-9-1-6-30-31-7-2-10-35-19-38-13-5-23(27)29-17-40-21-41-18-33-32-8-3-11-36-20-37-12-4-22(26)28-16-39-15-25/h24-25H,1-21H2. The van der Waals surface area contributed by atoms with Gasteiger partial charge in [-0.15, -0.1) is 35.3 Å². The molecule has 0 aromatic carbocycles. The van der Waals surface area contributed by atoms with Crippen molar-refractivity contribution in [2.45, 2.75) is 32.1 Å². The first-order chi connectivity index (χ1) is 20.2. The topological polar surface area (TPSA) is 130 Å². The second-order valence-corrected chi connectivity index (χ2v) is 16.7. The third-order valence-corrected chi connectivity index (χ3v) is 12.0. The van der Waals surface area contributed by atoms with E-state index in [9.17, 15) is 9.59 Å². The summed E-state index contributed by atoms with van der Waals surface area (Å²) in [5.41, 5.74) is 0. The molecule has 0 aromatic heterocycles. The van der Waals surface area contributed by atoms with Crippen LogP contribution in [0.1, 0.15) is 32.1 Å². The van der Waals surface area contributed by atoms with Crippen LogP contribution in [-0.2, 0) is 38.6 Å². The molecule has 0 aliphatic heterocycles. The molecule has 0 unspecified atom stereocenters. The van der Waals surface area contributed by atoms with Crippen LogP contribution in [0.25, 0.3) is 0 Å². The molecule has 0 heterocycles. The Bertz CT molecular complexity index is 573. The van der Waals surface area contributed by atoms with Crippen molar-refractivity contribution in [2.75, 3.05) is 93.5 Å². The Kier molecular flexibility index (Phi) is 39.1. The molecule has 0 fully saturated rings. The van der Waals surface area contributed by atoms with Gasteiger partial charge in [-0.3, -0.25) is 9.59 Å². The van der Waals surface area contributed by atoms with Gasteiger partial charge in [0, 0.05) is 26.8 Å². The van der Waals surface area contributed by atoms with E-state index < -0.39 is 0 Å². The summed E-state index contributed by atoms with van der Waals surface area (Å²) in [5.74, 6) is 4.95. The summed E-state index contributed by atoms with van der Waals surface area (Å²) in [6.45, 7) is 1.65. The molecule has 0 saturated heterocycles. The number of hydrogen-bond acceptors (Lipinski definition) is 18. The van der Waals surface area contributed by atoms with Gasteiger partial charge >= 0.3 is 11.9 Å². The minimum atomic E-state index is -0.231. The number of esters is 2. The lowest BCUT2D eigenvalue weighted by Gasteiger charge is -2.06. The van der Waals surface area contributed by atoms with Crippen molar-refractivity contribution < 1.29 is 48.8 Å². The number of carbonyl (C=O) groups excluding carboxylic acids is 2. The van der Waals surface area contributed by atoms with Crippen molar-refractivity contribution in [1.29, 1.82) is 0 Å². The molecule has 0 radical (unpaired) electrons. The van der Waals surface area contributed by atoms with Crippen molar-refractivity contribution in [3.05, 3.63) is 0 Å². The van der Waals surface area contributed by atoms with Crippen molar-refractivity contribution >= 4 is 106 Å². The Morgan fingerprint density at radius 2 is 0.878 bits per heavy atom. The van der Waals surface area contributed by atoms with Gasteiger partial charge in [0.2, 0.25) is 0 Å². The highest BCUT2D eigenvalue weighted by Gasteiger charge is 2.04. The maximum Gasteiger partial charge on any atom is 0.307 e. The summed E-state index contributed by atoms with van der Waals surface area (Å²) in [6, 6.07) is 0. The Morgan fingerprint density at radius 3 is 1.41 bits per heavy atom. The van der Waals surface area contributed by atoms with E-state index in [-0.39, 0.29) is 29.8 Å². The average molecular weight is 737 g/mol. The SMILES string of the molecule is O=C(CCSCSCCCOOCSCSCOC(=O)CCSCSCCCOOCCCSCO)OCSCO. The molecule has 244 valence electrons. The molecule has 0 aliphatic rings. The predicted molar refractivity (Wildman–Crippen MR) is 183 cm³/mol. The van der Waals surface area contributed by atoms with E-state index in [0.717, 1.165) is 75.0 Å². The van der Waals surface area contributed by atoms with Gasteiger partial charge in [-0.1, -0.05) is 11.8 Å². The lowest BCUT2D eigenvalue weighted by Crippen LogP contribution is -2.05.